The van der Waals surface area contributed by atoms with Gasteiger partial charge in [0.1, 0.15) is 0 Å². The molecule has 0 aromatic carbocycles. The molecule has 0 heterocycles. The van der Waals surface area contributed by atoms with E-state index in [0.717, 1.165) is 19.3 Å². The molecule has 0 aliphatic rings. The second-order valence-electron chi connectivity index (χ2n) is 5.87. The Kier molecular flexibility index (Phi) is 9.21. The summed E-state index contributed by atoms with van der Waals surface area (Å²) >= 11 is 0. The molecule has 1 amide bonds. The molecule has 0 saturated heterocycles. The van der Waals surface area contributed by atoms with E-state index in [1.54, 1.807) is 6.92 Å². The zero-order valence-corrected chi connectivity index (χ0v) is 13.2. The number of aliphatic carboxylic acids is 1. The molecule has 5 heteroatoms. The fourth-order valence-electron chi connectivity index (χ4n) is 2.31. The van der Waals surface area contributed by atoms with E-state index in [1.165, 1.54) is 0 Å². The van der Waals surface area contributed by atoms with Crippen molar-refractivity contribution in [3.8, 4) is 0 Å². The quantitative estimate of drug-likeness (QED) is 0.572. The lowest BCUT2D eigenvalue weighted by Gasteiger charge is -2.28. The lowest BCUT2D eigenvalue weighted by Crippen LogP contribution is -2.42. The molecule has 0 radical (unpaired) electrons. The highest BCUT2D eigenvalue weighted by Crippen LogP contribution is 2.27. The Morgan fingerprint density at radius 1 is 1.25 bits per heavy atom. The molecule has 0 aromatic rings. The van der Waals surface area contributed by atoms with Crippen LogP contribution >= 0.6 is 0 Å². The van der Waals surface area contributed by atoms with Crippen LogP contribution < -0.4 is 11.1 Å². The van der Waals surface area contributed by atoms with Gasteiger partial charge in [0.05, 0.1) is 12.5 Å². The highest BCUT2D eigenvalue weighted by atomic mass is 16.4. The minimum Gasteiger partial charge on any atom is -0.481 e. The van der Waals surface area contributed by atoms with Crippen molar-refractivity contribution in [2.75, 3.05) is 6.54 Å². The number of amides is 1. The van der Waals surface area contributed by atoms with Gasteiger partial charge in [0, 0.05) is 6.54 Å². The van der Waals surface area contributed by atoms with Crippen molar-refractivity contribution < 1.29 is 14.7 Å². The fraction of sp³-hybridized carbons (Fsp3) is 0.867. The summed E-state index contributed by atoms with van der Waals surface area (Å²) in [5.41, 5.74) is 5.50. The maximum absolute atomic E-state index is 11.5. The lowest BCUT2D eigenvalue weighted by atomic mass is 9.79. The van der Waals surface area contributed by atoms with Crippen LogP contribution in [0.1, 0.15) is 53.4 Å². The molecule has 5 nitrogen and oxygen atoms in total. The van der Waals surface area contributed by atoms with E-state index in [0.29, 0.717) is 12.5 Å². The van der Waals surface area contributed by atoms with Crippen molar-refractivity contribution in [1.29, 1.82) is 0 Å². The third kappa shape index (κ3) is 7.48. The van der Waals surface area contributed by atoms with E-state index >= 15 is 0 Å². The summed E-state index contributed by atoms with van der Waals surface area (Å²) in [6.45, 7) is 8.38. The van der Waals surface area contributed by atoms with Crippen LogP contribution in [0.5, 0.6) is 0 Å². The number of unbranched alkanes of at least 4 members (excludes halogenated alkanes) is 1. The van der Waals surface area contributed by atoms with Crippen molar-refractivity contribution in [3.05, 3.63) is 0 Å². The molecule has 0 aliphatic heterocycles. The van der Waals surface area contributed by atoms with Crippen molar-refractivity contribution in [3.63, 3.8) is 0 Å². The maximum Gasteiger partial charge on any atom is 0.303 e. The Hall–Kier alpha value is -1.10. The van der Waals surface area contributed by atoms with E-state index < -0.39 is 12.0 Å². The topological polar surface area (TPSA) is 92.4 Å². The number of hydrogen-bond acceptors (Lipinski definition) is 3. The minimum absolute atomic E-state index is 0.0537. The van der Waals surface area contributed by atoms with Crippen LogP contribution in [0.4, 0.5) is 0 Å². The van der Waals surface area contributed by atoms with Crippen molar-refractivity contribution in [2.24, 2.45) is 23.5 Å². The molecular formula is C15H30N2O3. The van der Waals surface area contributed by atoms with Crippen molar-refractivity contribution in [1.82, 2.24) is 5.32 Å². The number of nitrogens with one attached hydrogen (secondary N) is 1. The van der Waals surface area contributed by atoms with Crippen LogP contribution in [0.15, 0.2) is 0 Å². The highest BCUT2D eigenvalue weighted by molar-refractivity contribution is 5.81. The van der Waals surface area contributed by atoms with Gasteiger partial charge in [-0.15, -0.1) is 0 Å². The van der Waals surface area contributed by atoms with Gasteiger partial charge in [-0.2, -0.15) is 0 Å². The largest absolute Gasteiger partial charge is 0.481 e. The number of rotatable bonds is 10. The van der Waals surface area contributed by atoms with Gasteiger partial charge in [0.15, 0.2) is 0 Å². The number of hydrogen-bond donors (Lipinski definition) is 3. The average molecular weight is 286 g/mol. The second-order valence-corrected chi connectivity index (χ2v) is 5.87. The zero-order chi connectivity index (χ0) is 15.7. The highest BCUT2D eigenvalue weighted by Gasteiger charge is 2.25. The predicted molar refractivity (Wildman–Crippen MR) is 80.3 cm³/mol. The van der Waals surface area contributed by atoms with Crippen LogP contribution in [0, 0.1) is 17.8 Å². The number of carboxylic acids is 1. The van der Waals surface area contributed by atoms with Gasteiger partial charge in [-0.3, -0.25) is 9.59 Å². The first-order valence-electron chi connectivity index (χ1n) is 7.54. The van der Waals surface area contributed by atoms with E-state index in [9.17, 15) is 9.59 Å². The maximum atomic E-state index is 11.5. The van der Waals surface area contributed by atoms with E-state index in [4.69, 9.17) is 10.8 Å². The van der Waals surface area contributed by atoms with Gasteiger partial charge in [0.25, 0.3) is 0 Å². The summed E-state index contributed by atoms with van der Waals surface area (Å²) in [6, 6.07) is -0.562. The number of nitrogens with two attached hydrogens (primary N) is 1. The smallest absolute Gasteiger partial charge is 0.303 e. The van der Waals surface area contributed by atoms with Crippen LogP contribution in [-0.2, 0) is 9.59 Å². The number of carboxylic acid groups (broad SMARTS) is 1. The van der Waals surface area contributed by atoms with Crippen molar-refractivity contribution in [2.45, 2.75) is 59.4 Å². The Bertz CT molecular complexity index is 305. The van der Waals surface area contributed by atoms with Crippen LogP contribution in [0.3, 0.4) is 0 Å². The Morgan fingerprint density at radius 2 is 1.85 bits per heavy atom. The number of carbonyl (C=O) groups excluding carboxylic acids is 1. The summed E-state index contributed by atoms with van der Waals surface area (Å²) in [4.78, 5) is 22.5. The lowest BCUT2D eigenvalue weighted by molar-refractivity contribution is -0.139. The van der Waals surface area contributed by atoms with Crippen LogP contribution in [-0.4, -0.2) is 29.6 Å². The summed E-state index contributed by atoms with van der Waals surface area (Å²) in [6.07, 6.45) is 3.46. The first-order valence-corrected chi connectivity index (χ1v) is 7.54. The summed E-state index contributed by atoms with van der Waals surface area (Å²) in [5, 5.41) is 11.8. The van der Waals surface area contributed by atoms with Gasteiger partial charge in [-0.25, -0.2) is 0 Å². The monoisotopic (exact) mass is 286 g/mol. The summed E-state index contributed by atoms with van der Waals surface area (Å²) in [7, 11) is 0. The molecule has 0 spiro atoms. The minimum atomic E-state index is -0.820. The fourth-order valence-corrected chi connectivity index (χ4v) is 2.31. The molecule has 0 fully saturated rings. The molecule has 0 aliphatic carbocycles. The van der Waals surface area contributed by atoms with Crippen molar-refractivity contribution >= 4 is 11.9 Å². The zero-order valence-electron chi connectivity index (χ0n) is 13.2. The normalized spacial score (nSPS) is 17.1. The second kappa shape index (κ2) is 9.75. The molecule has 4 atom stereocenters. The third-order valence-electron chi connectivity index (χ3n) is 4.04. The standard InChI is InChI=1S/C15H30N2O3/c1-5-6-7-10(2)11(3)13(8-14(18)19)9-17-15(20)12(4)16/h10-13H,5-9,16H2,1-4H3,(H,17,20)(H,18,19). The summed E-state index contributed by atoms with van der Waals surface area (Å²) < 4.78 is 0. The molecule has 118 valence electrons. The Morgan fingerprint density at radius 3 is 2.30 bits per heavy atom. The third-order valence-corrected chi connectivity index (χ3v) is 4.04. The number of carbonyl (C=O) groups is 2. The molecule has 0 bridgehead atoms. The van der Waals surface area contributed by atoms with Crippen LogP contribution in [0.2, 0.25) is 0 Å². The average Bonchev–Trinajstić information content (AvgIpc) is 2.38. The van der Waals surface area contributed by atoms with Gasteiger partial charge in [-0.1, -0.05) is 40.0 Å². The van der Waals surface area contributed by atoms with Gasteiger partial charge in [0.2, 0.25) is 5.91 Å². The van der Waals surface area contributed by atoms with E-state index in [1.807, 2.05) is 0 Å². The Labute approximate surface area is 122 Å². The molecule has 0 aromatic heterocycles. The molecule has 20 heavy (non-hydrogen) atoms. The van der Waals surface area contributed by atoms with Gasteiger partial charge >= 0.3 is 5.97 Å². The van der Waals surface area contributed by atoms with E-state index in [-0.39, 0.29) is 24.2 Å². The molecule has 0 saturated carbocycles. The SMILES string of the molecule is CCCCC(C)C(C)C(CNC(=O)C(C)N)CC(=O)O. The molecule has 0 rings (SSSR count). The van der Waals surface area contributed by atoms with E-state index in [2.05, 4.69) is 26.1 Å². The first-order chi connectivity index (χ1) is 9.29. The summed E-state index contributed by atoms with van der Waals surface area (Å²) in [5.74, 6) is -0.395. The molecule has 4 N–H and O–H groups in total. The van der Waals surface area contributed by atoms with Gasteiger partial charge < -0.3 is 16.2 Å². The Balaban J connectivity index is 4.53. The molecular weight excluding hydrogens is 256 g/mol. The van der Waals surface area contributed by atoms with Gasteiger partial charge in [-0.05, 0) is 24.7 Å². The first kappa shape index (κ1) is 18.9. The predicted octanol–water partition coefficient (Wildman–Crippen LogP) is 2.00. The molecule has 4 unspecified atom stereocenters. The van der Waals surface area contributed by atoms with Crippen LogP contribution in [0.25, 0.3) is 0 Å².